The molecular formula is C21H38N2O12S. The van der Waals surface area contributed by atoms with Crippen molar-refractivity contribution in [3.8, 4) is 0 Å². The van der Waals surface area contributed by atoms with Crippen molar-refractivity contribution in [2.75, 3.05) is 19.8 Å². The molecule has 11 atom stereocenters. The molecule has 0 aromatic heterocycles. The number of unbranched alkanes of at least 4 members (excludes halogenated alkanes) is 1. The Morgan fingerprint density at radius 1 is 1.06 bits per heavy atom. The van der Waals surface area contributed by atoms with Gasteiger partial charge in [-0.3, -0.25) is 9.59 Å². The van der Waals surface area contributed by atoms with E-state index in [9.17, 15) is 45.3 Å². The third-order valence-corrected chi connectivity index (χ3v) is 7.36. The van der Waals surface area contributed by atoms with Crippen LogP contribution in [0.3, 0.4) is 0 Å². The first-order valence-electron chi connectivity index (χ1n) is 11.8. The summed E-state index contributed by atoms with van der Waals surface area (Å²) in [4.78, 5) is 25.6. The van der Waals surface area contributed by atoms with Gasteiger partial charge in [-0.05, 0) is 19.4 Å². The highest BCUT2D eigenvalue weighted by Crippen LogP contribution is 2.44. The number of rotatable bonds is 11. The Hall–Kier alpha value is -0.950. The summed E-state index contributed by atoms with van der Waals surface area (Å²) in [5.74, 6) is -5.07. The maximum atomic E-state index is 13.0. The Morgan fingerprint density at radius 3 is 2.19 bits per heavy atom. The molecule has 0 aromatic rings. The van der Waals surface area contributed by atoms with E-state index in [-0.39, 0.29) is 12.8 Å². The van der Waals surface area contributed by atoms with Gasteiger partial charge < -0.3 is 61.4 Å². The fourth-order valence-electron chi connectivity index (χ4n) is 4.50. The van der Waals surface area contributed by atoms with E-state index in [1.807, 2.05) is 0 Å². The van der Waals surface area contributed by atoms with Crippen molar-refractivity contribution in [1.29, 1.82) is 0 Å². The standard InChI is InChI=1S/C21H38N2O12S/c1-2-12(26)20(32)15(28)11(8-25)33-18(17(20)30)21(35-19(31)9(23)5-3-4-6-22)16(29)13(27)14(36)10(7-24)34-21/h9-11,13-18,24-25,27-30,32,36H,2-8,22-23H2,1H3/t9-,10+,11+,13-,14+,15-,16+,17-,18?,20-,21?/m0/s1. The lowest BCUT2D eigenvalue weighted by molar-refractivity contribution is -0.398. The van der Waals surface area contributed by atoms with Crippen LogP contribution in [0.1, 0.15) is 32.6 Å². The first-order chi connectivity index (χ1) is 16.9. The van der Waals surface area contributed by atoms with Gasteiger partial charge in [0.15, 0.2) is 17.5 Å². The molecule has 2 aliphatic heterocycles. The zero-order valence-electron chi connectivity index (χ0n) is 19.9. The minimum absolute atomic E-state index is 0.105. The van der Waals surface area contributed by atoms with Crippen LogP contribution in [0, 0.1) is 0 Å². The summed E-state index contributed by atoms with van der Waals surface area (Å²) in [5.41, 5.74) is 8.40. The number of carbonyl (C=O) groups excluding carboxylic acids is 2. The van der Waals surface area contributed by atoms with Gasteiger partial charge in [-0.15, -0.1) is 0 Å². The first kappa shape index (κ1) is 31.3. The maximum Gasteiger partial charge on any atom is 0.325 e. The number of hydrogen-bond acceptors (Lipinski definition) is 15. The van der Waals surface area contributed by atoms with E-state index < -0.39 is 90.4 Å². The average Bonchev–Trinajstić information content (AvgIpc) is 2.87. The molecule has 2 saturated heterocycles. The number of hydrogen-bond donors (Lipinski definition) is 10. The quantitative estimate of drug-likeness (QED) is 0.0668. The third-order valence-electron chi connectivity index (χ3n) is 6.72. The van der Waals surface area contributed by atoms with E-state index in [4.69, 9.17) is 25.7 Å². The molecule has 0 amide bonds. The van der Waals surface area contributed by atoms with Gasteiger partial charge in [0.2, 0.25) is 0 Å². The topological polar surface area (TPSA) is 255 Å². The number of aliphatic hydroxyl groups excluding tert-OH is 6. The lowest BCUT2D eigenvalue weighted by Crippen LogP contribution is -2.79. The number of esters is 1. The summed E-state index contributed by atoms with van der Waals surface area (Å²) in [7, 11) is 0. The molecule has 2 aliphatic rings. The molecule has 0 spiro atoms. The molecule has 15 heteroatoms. The van der Waals surface area contributed by atoms with Crippen molar-refractivity contribution in [3.63, 3.8) is 0 Å². The van der Waals surface area contributed by atoms with Crippen LogP contribution in [0.25, 0.3) is 0 Å². The van der Waals surface area contributed by atoms with Crippen LogP contribution in [-0.2, 0) is 23.8 Å². The van der Waals surface area contributed by atoms with E-state index in [1.165, 1.54) is 6.92 Å². The van der Waals surface area contributed by atoms with Crippen molar-refractivity contribution < 1.29 is 59.5 Å². The fraction of sp³-hybridized carbons (Fsp3) is 0.905. The number of thiol groups is 1. The third kappa shape index (κ3) is 5.57. The molecule has 0 saturated carbocycles. The highest BCUT2D eigenvalue weighted by atomic mass is 32.1. The van der Waals surface area contributed by atoms with Crippen LogP contribution in [0.5, 0.6) is 0 Å². The van der Waals surface area contributed by atoms with E-state index in [1.54, 1.807) is 0 Å². The summed E-state index contributed by atoms with van der Waals surface area (Å²) in [6.45, 7) is -0.0774. The monoisotopic (exact) mass is 542 g/mol. The maximum absolute atomic E-state index is 13.0. The van der Waals surface area contributed by atoms with Crippen LogP contribution in [0.4, 0.5) is 0 Å². The van der Waals surface area contributed by atoms with Gasteiger partial charge in [-0.2, -0.15) is 12.6 Å². The number of Topliss-reactive ketones (excluding diaryl/α,β-unsaturated/α-hetero) is 1. The molecule has 0 radical (unpaired) electrons. The second-order valence-electron chi connectivity index (χ2n) is 9.07. The van der Waals surface area contributed by atoms with Crippen molar-refractivity contribution in [3.05, 3.63) is 0 Å². The van der Waals surface area contributed by atoms with Gasteiger partial charge >= 0.3 is 5.97 Å². The Kier molecular flexibility index (Phi) is 11.1. The van der Waals surface area contributed by atoms with Crippen molar-refractivity contribution in [1.82, 2.24) is 0 Å². The molecule has 2 unspecified atom stereocenters. The van der Waals surface area contributed by atoms with Crippen LogP contribution in [0.2, 0.25) is 0 Å². The van der Waals surface area contributed by atoms with Gasteiger partial charge in [0, 0.05) is 6.42 Å². The number of carbonyl (C=O) groups is 2. The minimum Gasteiger partial charge on any atom is -0.426 e. The van der Waals surface area contributed by atoms with Gasteiger partial charge in [0.05, 0.1) is 24.6 Å². The summed E-state index contributed by atoms with van der Waals surface area (Å²) in [6.07, 6.45) is -13.1. The zero-order valence-corrected chi connectivity index (χ0v) is 20.8. The predicted molar refractivity (Wildman–Crippen MR) is 124 cm³/mol. The van der Waals surface area contributed by atoms with Crippen LogP contribution in [-0.4, -0.2) is 133 Å². The molecule has 0 aromatic carbocycles. The molecule has 11 N–H and O–H groups in total. The molecule has 2 heterocycles. The Balaban J connectivity index is 2.60. The second kappa shape index (κ2) is 12.7. The molecule has 0 bridgehead atoms. The van der Waals surface area contributed by atoms with Crippen LogP contribution < -0.4 is 11.5 Å². The number of aliphatic hydroxyl groups is 7. The van der Waals surface area contributed by atoms with Crippen LogP contribution in [0.15, 0.2) is 0 Å². The van der Waals surface area contributed by atoms with E-state index in [0.717, 1.165) is 0 Å². The number of ether oxygens (including phenoxy) is 3. The lowest BCUT2D eigenvalue weighted by Gasteiger charge is -2.56. The van der Waals surface area contributed by atoms with E-state index in [0.29, 0.717) is 19.4 Å². The summed E-state index contributed by atoms with van der Waals surface area (Å²) in [5, 5.41) is 72.8. The van der Waals surface area contributed by atoms with E-state index >= 15 is 0 Å². The van der Waals surface area contributed by atoms with Gasteiger partial charge in [-0.1, -0.05) is 13.3 Å². The fourth-order valence-corrected chi connectivity index (χ4v) is 4.82. The highest BCUT2D eigenvalue weighted by Gasteiger charge is 2.69. The molecule has 36 heavy (non-hydrogen) atoms. The zero-order chi connectivity index (χ0) is 27.4. The normalized spacial score (nSPS) is 42.1. The second-order valence-corrected chi connectivity index (χ2v) is 9.66. The number of nitrogens with two attached hydrogens (primary N) is 2. The number of ketones is 1. The molecule has 0 aliphatic carbocycles. The molecule has 14 nitrogen and oxygen atoms in total. The molecule has 2 rings (SSSR count). The SMILES string of the molecule is CCC(=O)[C@@]1(O)[C@@H](O)C(C2(OC(=O)[C@@H](N)CCCCN)O[C@H](CO)[C@@H](S)[C@H](O)[C@H]2O)O[C@H](CO)[C@@H]1O. The van der Waals surface area contributed by atoms with E-state index in [2.05, 4.69) is 12.6 Å². The van der Waals surface area contributed by atoms with Gasteiger partial charge in [0.1, 0.15) is 36.6 Å². The molecule has 210 valence electrons. The minimum atomic E-state index is -2.95. The summed E-state index contributed by atoms with van der Waals surface area (Å²) in [6, 6.07) is -1.28. The van der Waals surface area contributed by atoms with Crippen molar-refractivity contribution >= 4 is 24.4 Å². The Labute approximate surface area is 213 Å². The predicted octanol–water partition coefficient (Wildman–Crippen LogP) is -4.71. The van der Waals surface area contributed by atoms with Crippen LogP contribution >= 0.6 is 12.6 Å². The van der Waals surface area contributed by atoms with Gasteiger partial charge in [-0.25, -0.2) is 0 Å². The van der Waals surface area contributed by atoms with Crippen molar-refractivity contribution in [2.24, 2.45) is 11.5 Å². The summed E-state index contributed by atoms with van der Waals surface area (Å²) < 4.78 is 16.6. The highest BCUT2D eigenvalue weighted by molar-refractivity contribution is 7.81. The van der Waals surface area contributed by atoms with Crippen molar-refractivity contribution in [2.45, 2.75) is 98.0 Å². The largest absolute Gasteiger partial charge is 0.426 e. The Morgan fingerprint density at radius 2 is 1.67 bits per heavy atom. The Bertz CT molecular complexity index is 762. The summed E-state index contributed by atoms with van der Waals surface area (Å²) >= 11 is 4.12. The van der Waals surface area contributed by atoms with Gasteiger partial charge in [0.25, 0.3) is 5.79 Å². The molecular weight excluding hydrogens is 504 g/mol. The first-order valence-corrected chi connectivity index (χ1v) is 12.3. The smallest absolute Gasteiger partial charge is 0.325 e. The average molecular weight is 543 g/mol. The lowest BCUT2D eigenvalue weighted by atomic mass is 9.74. The molecule has 2 fully saturated rings.